The summed E-state index contributed by atoms with van der Waals surface area (Å²) in [6, 6.07) is 13.6. The average Bonchev–Trinajstić information content (AvgIpc) is 3.37. The van der Waals surface area contributed by atoms with E-state index in [9.17, 15) is 22.8 Å². The summed E-state index contributed by atoms with van der Waals surface area (Å²) in [6.07, 6.45) is -3.06. The lowest BCUT2D eigenvalue weighted by Gasteiger charge is -2.31. The number of nitrogens with zero attached hydrogens (tertiary/aromatic N) is 3. The van der Waals surface area contributed by atoms with E-state index >= 15 is 0 Å². The maximum Gasteiger partial charge on any atom is 0.416 e. The summed E-state index contributed by atoms with van der Waals surface area (Å²) in [6.45, 7) is 0.918. The van der Waals surface area contributed by atoms with Gasteiger partial charge in [0.05, 0.1) is 16.6 Å². The highest BCUT2D eigenvalue weighted by atomic mass is 32.1. The number of rotatable bonds is 5. The summed E-state index contributed by atoms with van der Waals surface area (Å²) >= 11 is 1.39. The SMILES string of the molecule is N#CCNC(=O)c1csc(C2CCN(C(=O)c3ccccc3-c3ccc(C(F)(F)F)cc3)CC2)n1. The highest BCUT2D eigenvalue weighted by Crippen LogP contribution is 2.34. The molecule has 180 valence electrons. The molecule has 0 spiro atoms. The van der Waals surface area contributed by atoms with Gasteiger partial charge in [-0.15, -0.1) is 11.3 Å². The van der Waals surface area contributed by atoms with Crippen molar-refractivity contribution in [2.45, 2.75) is 24.9 Å². The van der Waals surface area contributed by atoms with Crippen LogP contribution < -0.4 is 5.32 Å². The topological polar surface area (TPSA) is 86.1 Å². The zero-order valence-corrected chi connectivity index (χ0v) is 19.3. The smallest absolute Gasteiger partial charge is 0.339 e. The van der Waals surface area contributed by atoms with Crippen molar-refractivity contribution in [3.05, 3.63) is 75.7 Å². The molecule has 4 rings (SSSR count). The monoisotopic (exact) mass is 498 g/mol. The summed E-state index contributed by atoms with van der Waals surface area (Å²) in [7, 11) is 0. The van der Waals surface area contributed by atoms with Gasteiger partial charge in [0.25, 0.3) is 11.8 Å². The molecule has 1 fully saturated rings. The summed E-state index contributed by atoms with van der Waals surface area (Å²) in [5.74, 6) is -0.442. The van der Waals surface area contributed by atoms with Crippen LogP contribution in [-0.2, 0) is 6.18 Å². The van der Waals surface area contributed by atoms with Crippen molar-refractivity contribution in [3.8, 4) is 17.2 Å². The predicted molar refractivity (Wildman–Crippen MR) is 125 cm³/mol. The van der Waals surface area contributed by atoms with Gasteiger partial charge in [0.15, 0.2) is 0 Å². The van der Waals surface area contributed by atoms with Gasteiger partial charge in [-0.2, -0.15) is 18.4 Å². The number of halogens is 3. The van der Waals surface area contributed by atoms with Crippen molar-refractivity contribution >= 4 is 23.2 Å². The number of alkyl halides is 3. The molecular formula is C25H21F3N4O2S. The number of likely N-dealkylation sites (tertiary alicyclic amines) is 1. The van der Waals surface area contributed by atoms with Crippen molar-refractivity contribution < 1.29 is 22.8 Å². The Morgan fingerprint density at radius 3 is 2.46 bits per heavy atom. The van der Waals surface area contributed by atoms with Gasteiger partial charge in [0.1, 0.15) is 12.2 Å². The second kappa shape index (κ2) is 10.3. The van der Waals surface area contributed by atoms with E-state index in [4.69, 9.17) is 5.26 Å². The summed E-state index contributed by atoms with van der Waals surface area (Å²) in [4.78, 5) is 31.4. The second-order valence-electron chi connectivity index (χ2n) is 8.10. The van der Waals surface area contributed by atoms with Gasteiger partial charge < -0.3 is 10.2 Å². The second-order valence-corrected chi connectivity index (χ2v) is 8.99. The Bertz CT molecular complexity index is 1260. The number of carbonyl (C=O) groups is 2. The predicted octanol–water partition coefficient (Wildman–Crippen LogP) is 5.10. The van der Waals surface area contributed by atoms with Gasteiger partial charge in [0.2, 0.25) is 0 Å². The van der Waals surface area contributed by atoms with Crippen molar-refractivity contribution in [2.75, 3.05) is 19.6 Å². The van der Waals surface area contributed by atoms with E-state index in [1.54, 1.807) is 34.5 Å². The molecule has 1 aromatic heterocycles. The number of aromatic nitrogens is 1. The highest BCUT2D eigenvalue weighted by Gasteiger charge is 2.31. The zero-order chi connectivity index (χ0) is 25.0. The molecule has 2 heterocycles. The third kappa shape index (κ3) is 5.52. The fourth-order valence-electron chi connectivity index (χ4n) is 4.05. The van der Waals surface area contributed by atoms with Gasteiger partial charge >= 0.3 is 6.18 Å². The van der Waals surface area contributed by atoms with Crippen LogP contribution >= 0.6 is 11.3 Å². The summed E-state index contributed by atoms with van der Waals surface area (Å²) in [5, 5.41) is 13.5. The quantitative estimate of drug-likeness (QED) is 0.496. The fraction of sp³-hybridized carbons (Fsp3) is 0.280. The van der Waals surface area contributed by atoms with Crippen LogP contribution in [0.3, 0.4) is 0 Å². The van der Waals surface area contributed by atoms with Gasteiger partial charge in [-0.25, -0.2) is 4.98 Å². The van der Waals surface area contributed by atoms with E-state index < -0.39 is 11.7 Å². The van der Waals surface area contributed by atoms with E-state index in [2.05, 4.69) is 10.3 Å². The molecule has 10 heteroatoms. The first-order valence-corrected chi connectivity index (χ1v) is 11.8. The number of nitriles is 1. The van der Waals surface area contributed by atoms with Gasteiger partial charge in [0, 0.05) is 30.0 Å². The molecule has 0 unspecified atom stereocenters. The lowest BCUT2D eigenvalue weighted by Crippen LogP contribution is -2.38. The standard InChI is InChI=1S/C25H21F3N4O2S/c26-25(27,28)18-7-5-16(6-8-18)19-3-1-2-4-20(19)24(34)32-13-9-17(10-14-32)23-31-21(15-35-23)22(33)30-12-11-29/h1-8,15,17H,9-10,12-14H2,(H,30,33). The Labute approximate surface area is 204 Å². The maximum atomic E-state index is 13.3. The van der Waals surface area contributed by atoms with E-state index in [0.29, 0.717) is 42.6 Å². The third-order valence-corrected chi connectivity index (χ3v) is 6.90. The van der Waals surface area contributed by atoms with Gasteiger partial charge in [-0.3, -0.25) is 9.59 Å². The normalized spacial score (nSPS) is 14.4. The third-order valence-electron chi connectivity index (χ3n) is 5.89. The number of piperidine rings is 1. The molecule has 1 aliphatic heterocycles. The van der Waals surface area contributed by atoms with Crippen LogP contribution in [0.1, 0.15) is 50.2 Å². The van der Waals surface area contributed by atoms with Crippen LogP contribution in [0.2, 0.25) is 0 Å². The lowest BCUT2D eigenvalue weighted by atomic mass is 9.94. The number of carbonyl (C=O) groups excluding carboxylic acids is 2. The zero-order valence-electron chi connectivity index (χ0n) is 18.5. The molecule has 0 atom stereocenters. The summed E-state index contributed by atoms with van der Waals surface area (Å²) < 4.78 is 38.8. The molecule has 2 aromatic carbocycles. The molecule has 0 radical (unpaired) electrons. The van der Waals surface area contributed by atoms with Crippen molar-refractivity contribution in [3.63, 3.8) is 0 Å². The molecule has 0 saturated carbocycles. The van der Waals surface area contributed by atoms with Crippen molar-refractivity contribution in [1.29, 1.82) is 5.26 Å². The number of benzene rings is 2. The Morgan fingerprint density at radius 1 is 1.11 bits per heavy atom. The number of amides is 2. The molecule has 1 N–H and O–H groups in total. The Hall–Kier alpha value is -3.71. The molecule has 1 aliphatic rings. The van der Waals surface area contributed by atoms with E-state index in [1.165, 1.54) is 23.5 Å². The first-order valence-electron chi connectivity index (χ1n) is 10.9. The number of hydrogen-bond donors (Lipinski definition) is 1. The Kier molecular flexibility index (Phi) is 7.17. The Balaban J connectivity index is 1.44. The van der Waals surface area contributed by atoms with Crippen LogP contribution in [0.15, 0.2) is 53.9 Å². The van der Waals surface area contributed by atoms with Crippen molar-refractivity contribution in [1.82, 2.24) is 15.2 Å². The van der Waals surface area contributed by atoms with Crippen LogP contribution in [0.25, 0.3) is 11.1 Å². The van der Waals surface area contributed by atoms with E-state index in [0.717, 1.165) is 17.1 Å². The van der Waals surface area contributed by atoms with Crippen LogP contribution in [0.5, 0.6) is 0 Å². The minimum atomic E-state index is -4.42. The molecule has 3 aromatic rings. The maximum absolute atomic E-state index is 13.3. The Morgan fingerprint density at radius 2 is 1.80 bits per heavy atom. The lowest BCUT2D eigenvalue weighted by molar-refractivity contribution is -0.137. The van der Waals surface area contributed by atoms with Gasteiger partial charge in [-0.1, -0.05) is 30.3 Å². The first kappa shape index (κ1) is 24.4. The minimum absolute atomic E-state index is 0.0832. The van der Waals surface area contributed by atoms with E-state index in [-0.39, 0.29) is 30.0 Å². The average molecular weight is 499 g/mol. The van der Waals surface area contributed by atoms with E-state index in [1.807, 2.05) is 6.07 Å². The molecule has 0 bridgehead atoms. The van der Waals surface area contributed by atoms with Gasteiger partial charge in [-0.05, 0) is 42.2 Å². The van der Waals surface area contributed by atoms with Crippen LogP contribution in [0.4, 0.5) is 13.2 Å². The van der Waals surface area contributed by atoms with Crippen LogP contribution in [0, 0.1) is 11.3 Å². The largest absolute Gasteiger partial charge is 0.416 e. The molecule has 35 heavy (non-hydrogen) atoms. The number of thiazole rings is 1. The number of hydrogen-bond acceptors (Lipinski definition) is 5. The molecule has 2 amide bonds. The molecular weight excluding hydrogens is 477 g/mol. The van der Waals surface area contributed by atoms with Crippen LogP contribution in [-0.4, -0.2) is 41.3 Å². The molecule has 0 aliphatic carbocycles. The first-order chi connectivity index (χ1) is 16.8. The van der Waals surface area contributed by atoms with Crippen molar-refractivity contribution in [2.24, 2.45) is 0 Å². The summed E-state index contributed by atoms with van der Waals surface area (Å²) in [5.41, 5.74) is 1.11. The highest BCUT2D eigenvalue weighted by molar-refractivity contribution is 7.09. The minimum Gasteiger partial charge on any atom is -0.339 e. The molecule has 6 nitrogen and oxygen atoms in total. The number of nitrogens with one attached hydrogen (secondary N) is 1. The molecule has 1 saturated heterocycles. The fourth-order valence-corrected chi connectivity index (χ4v) is 5.02.